The lowest BCUT2D eigenvalue weighted by Crippen LogP contribution is -2.36. The first-order valence-electron chi connectivity index (χ1n) is 6.39. The van der Waals surface area contributed by atoms with Crippen LogP contribution >= 0.6 is 11.6 Å². The Morgan fingerprint density at radius 1 is 1.00 bits per heavy atom. The molecule has 1 heterocycles. The second-order valence-electron chi connectivity index (χ2n) is 4.77. The number of fused-ring (bicyclic) bond motifs is 1. The van der Waals surface area contributed by atoms with Gasteiger partial charge in [0.25, 0.3) is 0 Å². The second kappa shape index (κ2) is 5.05. The first kappa shape index (κ1) is 13.9. The number of ether oxygens (including phenoxy) is 1. The largest absolute Gasteiger partial charge is 0.505 e. The Kier molecular flexibility index (Phi) is 3.35. The summed E-state index contributed by atoms with van der Waals surface area (Å²) in [5.41, 5.74) is -0.291. The minimum Gasteiger partial charge on any atom is -0.505 e. The molecule has 0 amide bonds. The van der Waals surface area contributed by atoms with Gasteiger partial charge in [0.05, 0.1) is 24.3 Å². The fourth-order valence-electron chi connectivity index (χ4n) is 2.55. The van der Waals surface area contributed by atoms with Crippen molar-refractivity contribution in [2.75, 3.05) is 31.2 Å². The summed E-state index contributed by atoms with van der Waals surface area (Å²) in [5, 5.41) is 20.4. The minimum atomic E-state index is -0.562. The van der Waals surface area contributed by atoms with Crippen LogP contribution in [0.2, 0.25) is 5.02 Å². The van der Waals surface area contributed by atoms with Crippen LogP contribution < -0.4 is 4.90 Å². The van der Waals surface area contributed by atoms with Crippen molar-refractivity contribution in [1.29, 1.82) is 0 Å². The van der Waals surface area contributed by atoms with E-state index in [1.54, 1.807) is 4.90 Å². The highest BCUT2D eigenvalue weighted by Crippen LogP contribution is 2.48. The molecule has 0 radical (unpaired) electrons. The number of allylic oxidation sites excluding steroid dienone is 2. The fourth-order valence-corrected chi connectivity index (χ4v) is 2.86. The smallest absolute Gasteiger partial charge is 0.190 e. The molecule has 0 aromatic heterocycles. The first-order valence-corrected chi connectivity index (χ1v) is 6.77. The number of halogens is 1. The van der Waals surface area contributed by atoms with Crippen molar-refractivity contribution in [3.8, 4) is 11.5 Å². The third-order valence-corrected chi connectivity index (χ3v) is 3.93. The summed E-state index contributed by atoms with van der Waals surface area (Å²) in [4.78, 5) is 25.5. The lowest BCUT2D eigenvalue weighted by Gasteiger charge is -2.31. The SMILES string of the molecule is O=C1C=CC(=O)c2c(O)c(N3CCOCC3)c(Cl)c(O)c21. The molecular weight excluding hydrogens is 298 g/mol. The normalized spacial score (nSPS) is 18.0. The average molecular weight is 310 g/mol. The maximum atomic E-state index is 12.0. The Morgan fingerprint density at radius 3 is 2.10 bits per heavy atom. The molecule has 1 aromatic carbocycles. The molecule has 110 valence electrons. The maximum absolute atomic E-state index is 12.0. The number of nitrogens with zero attached hydrogens (tertiary/aromatic N) is 1. The molecule has 2 N–H and O–H groups in total. The first-order chi connectivity index (χ1) is 10.0. The third-order valence-electron chi connectivity index (χ3n) is 3.57. The number of morpholine rings is 1. The molecule has 1 fully saturated rings. The van der Waals surface area contributed by atoms with Gasteiger partial charge in [-0.2, -0.15) is 0 Å². The molecule has 21 heavy (non-hydrogen) atoms. The Labute approximate surface area is 125 Å². The summed E-state index contributed by atoms with van der Waals surface area (Å²) < 4.78 is 5.22. The van der Waals surface area contributed by atoms with Crippen LogP contribution in [-0.4, -0.2) is 48.1 Å². The van der Waals surface area contributed by atoms with Crippen LogP contribution in [-0.2, 0) is 4.74 Å². The van der Waals surface area contributed by atoms with E-state index in [0.29, 0.717) is 26.3 Å². The highest BCUT2D eigenvalue weighted by atomic mass is 35.5. The van der Waals surface area contributed by atoms with Gasteiger partial charge in [-0.1, -0.05) is 11.6 Å². The number of hydrogen-bond donors (Lipinski definition) is 2. The van der Waals surface area contributed by atoms with Crippen molar-refractivity contribution >= 4 is 28.9 Å². The van der Waals surface area contributed by atoms with Crippen LogP contribution in [0.15, 0.2) is 12.2 Å². The number of carbonyl (C=O) groups excluding carboxylic acids is 2. The van der Waals surface area contributed by atoms with Gasteiger partial charge in [-0.3, -0.25) is 9.59 Å². The molecule has 0 unspecified atom stereocenters. The van der Waals surface area contributed by atoms with E-state index in [-0.39, 0.29) is 27.6 Å². The van der Waals surface area contributed by atoms with Crippen LogP contribution in [0.5, 0.6) is 11.5 Å². The van der Waals surface area contributed by atoms with Gasteiger partial charge < -0.3 is 19.8 Å². The van der Waals surface area contributed by atoms with E-state index in [1.165, 1.54) is 0 Å². The number of hydrogen-bond acceptors (Lipinski definition) is 6. The second-order valence-corrected chi connectivity index (χ2v) is 5.15. The van der Waals surface area contributed by atoms with Crippen molar-refractivity contribution in [3.63, 3.8) is 0 Å². The highest BCUT2D eigenvalue weighted by molar-refractivity contribution is 6.37. The van der Waals surface area contributed by atoms with Crippen molar-refractivity contribution in [2.24, 2.45) is 0 Å². The molecule has 0 spiro atoms. The standard InChI is InChI=1S/C14H12ClNO5/c15-11-12(16-3-5-21-6-4-16)14(20)10-8(18)2-1-7(17)9(10)13(11)19/h1-2,19-20H,3-6H2. The number of rotatable bonds is 1. The highest BCUT2D eigenvalue weighted by Gasteiger charge is 2.33. The number of anilines is 1. The van der Waals surface area contributed by atoms with Crippen LogP contribution in [0.3, 0.4) is 0 Å². The van der Waals surface area contributed by atoms with Gasteiger partial charge in [0.2, 0.25) is 0 Å². The van der Waals surface area contributed by atoms with Gasteiger partial charge in [0, 0.05) is 13.1 Å². The lowest BCUT2D eigenvalue weighted by molar-refractivity contribution is 0.0989. The molecule has 0 saturated carbocycles. The Balaban J connectivity index is 2.24. The van der Waals surface area contributed by atoms with E-state index in [4.69, 9.17) is 16.3 Å². The molecule has 0 atom stereocenters. The van der Waals surface area contributed by atoms with Crippen LogP contribution in [0.1, 0.15) is 20.7 Å². The lowest BCUT2D eigenvalue weighted by atomic mass is 9.92. The van der Waals surface area contributed by atoms with Gasteiger partial charge in [0.1, 0.15) is 16.5 Å². The third kappa shape index (κ3) is 2.07. The van der Waals surface area contributed by atoms with Crippen LogP contribution in [0, 0.1) is 0 Å². The Hall–Kier alpha value is -2.05. The van der Waals surface area contributed by atoms with E-state index in [9.17, 15) is 19.8 Å². The molecule has 2 aliphatic rings. The Morgan fingerprint density at radius 2 is 1.52 bits per heavy atom. The number of phenolic OH excluding ortho intramolecular Hbond substituents is 2. The van der Waals surface area contributed by atoms with E-state index in [2.05, 4.69) is 0 Å². The number of phenols is 2. The summed E-state index contributed by atoms with van der Waals surface area (Å²) in [6, 6.07) is 0. The molecule has 3 rings (SSSR count). The molecule has 0 bridgehead atoms. The number of aromatic hydroxyl groups is 2. The molecule has 1 saturated heterocycles. The quantitative estimate of drug-likeness (QED) is 0.765. The van der Waals surface area contributed by atoms with Crippen LogP contribution in [0.25, 0.3) is 0 Å². The summed E-state index contributed by atoms with van der Waals surface area (Å²) in [5.74, 6) is -1.96. The fraction of sp³-hybridized carbons (Fsp3) is 0.286. The van der Waals surface area contributed by atoms with E-state index in [0.717, 1.165) is 12.2 Å². The molecule has 1 aromatic rings. The van der Waals surface area contributed by atoms with Gasteiger partial charge in [0.15, 0.2) is 17.3 Å². The maximum Gasteiger partial charge on any atom is 0.190 e. The molecular formula is C14H12ClNO5. The predicted molar refractivity (Wildman–Crippen MR) is 75.6 cm³/mol. The van der Waals surface area contributed by atoms with E-state index >= 15 is 0 Å². The molecule has 1 aliphatic carbocycles. The minimum absolute atomic E-state index is 0.135. The van der Waals surface area contributed by atoms with Crippen LogP contribution in [0.4, 0.5) is 5.69 Å². The molecule has 1 aliphatic heterocycles. The molecule has 7 heteroatoms. The van der Waals surface area contributed by atoms with Crippen molar-refractivity contribution in [2.45, 2.75) is 0 Å². The monoisotopic (exact) mass is 309 g/mol. The zero-order chi connectivity index (χ0) is 15.1. The summed E-state index contributed by atoms with van der Waals surface area (Å²) in [6.07, 6.45) is 2.12. The van der Waals surface area contributed by atoms with Gasteiger partial charge in [-0.15, -0.1) is 0 Å². The summed E-state index contributed by atoms with van der Waals surface area (Å²) in [6.45, 7) is 1.81. The number of carbonyl (C=O) groups is 2. The molecule has 6 nitrogen and oxygen atoms in total. The average Bonchev–Trinajstić information content (AvgIpc) is 2.48. The zero-order valence-electron chi connectivity index (χ0n) is 10.9. The van der Waals surface area contributed by atoms with Gasteiger partial charge >= 0.3 is 0 Å². The zero-order valence-corrected chi connectivity index (χ0v) is 11.7. The van der Waals surface area contributed by atoms with Crippen molar-refractivity contribution in [3.05, 3.63) is 28.3 Å². The topological polar surface area (TPSA) is 87.1 Å². The van der Waals surface area contributed by atoms with Gasteiger partial charge in [-0.25, -0.2) is 0 Å². The number of ketones is 2. The predicted octanol–water partition coefficient (Wildman–Crippen LogP) is 1.52. The Bertz CT molecular complexity index is 677. The summed E-state index contributed by atoms with van der Waals surface area (Å²) in [7, 11) is 0. The van der Waals surface area contributed by atoms with Gasteiger partial charge in [-0.05, 0) is 12.2 Å². The van der Waals surface area contributed by atoms with Crippen molar-refractivity contribution < 1.29 is 24.5 Å². The summed E-state index contributed by atoms with van der Waals surface area (Å²) >= 11 is 6.10. The van der Waals surface area contributed by atoms with E-state index in [1.807, 2.05) is 0 Å². The van der Waals surface area contributed by atoms with Crippen molar-refractivity contribution in [1.82, 2.24) is 0 Å². The number of benzene rings is 1. The van der Waals surface area contributed by atoms with E-state index < -0.39 is 17.3 Å².